The van der Waals surface area contributed by atoms with Gasteiger partial charge in [-0.3, -0.25) is 0 Å². The summed E-state index contributed by atoms with van der Waals surface area (Å²) < 4.78 is 4.98. The molecule has 1 aromatic carbocycles. The number of hydrogen-bond donors (Lipinski definition) is 2. The maximum absolute atomic E-state index is 9.75. The van der Waals surface area contributed by atoms with E-state index in [0.29, 0.717) is 17.7 Å². The molecule has 0 saturated carbocycles. The highest BCUT2D eigenvalue weighted by Crippen LogP contribution is 2.33. The first-order chi connectivity index (χ1) is 6.70. The van der Waals surface area contributed by atoms with Crippen LogP contribution < -0.4 is 10.5 Å². The largest absolute Gasteiger partial charge is 0.504 e. The average Bonchev–Trinajstić information content (AvgIpc) is 2.18. The molecule has 1 atom stereocenters. The maximum atomic E-state index is 9.75. The molecule has 0 spiro atoms. The molecule has 76 valence electrons. The van der Waals surface area contributed by atoms with Crippen molar-refractivity contribution >= 4 is 0 Å². The number of nitrogens with two attached hydrogens (primary N) is 1. The summed E-state index contributed by atoms with van der Waals surface area (Å²) in [5.41, 5.74) is 6.53. The topological polar surface area (TPSA) is 55.5 Å². The third-order valence-electron chi connectivity index (χ3n) is 2.07. The monoisotopic (exact) mass is 193 g/mol. The van der Waals surface area contributed by atoms with Crippen LogP contribution in [0.25, 0.3) is 0 Å². The third-order valence-corrected chi connectivity index (χ3v) is 2.07. The number of rotatable bonds is 4. The van der Waals surface area contributed by atoms with Crippen molar-refractivity contribution in [3.8, 4) is 11.5 Å². The number of methoxy groups -OCH3 is 1. The van der Waals surface area contributed by atoms with Crippen molar-refractivity contribution < 1.29 is 9.84 Å². The second kappa shape index (κ2) is 4.67. The van der Waals surface area contributed by atoms with E-state index in [1.807, 2.05) is 0 Å². The zero-order chi connectivity index (χ0) is 10.6. The molecule has 0 fully saturated rings. The molecule has 0 amide bonds. The molecule has 0 aliphatic heterocycles. The molecule has 0 bridgehead atoms. The summed E-state index contributed by atoms with van der Waals surface area (Å²) in [4.78, 5) is 0. The van der Waals surface area contributed by atoms with Crippen LogP contribution in [0.5, 0.6) is 11.5 Å². The molecule has 3 heteroatoms. The lowest BCUT2D eigenvalue weighted by molar-refractivity contribution is 0.368. The van der Waals surface area contributed by atoms with Gasteiger partial charge in [-0.1, -0.05) is 18.2 Å². The molecule has 0 aliphatic rings. The fourth-order valence-corrected chi connectivity index (χ4v) is 1.31. The fourth-order valence-electron chi connectivity index (χ4n) is 1.31. The summed E-state index contributed by atoms with van der Waals surface area (Å²) in [6, 6.07) is 5.05. The molecule has 0 radical (unpaired) electrons. The Morgan fingerprint density at radius 1 is 1.64 bits per heavy atom. The first-order valence-electron chi connectivity index (χ1n) is 4.43. The molecule has 1 rings (SSSR count). The molecule has 0 aromatic heterocycles. The number of aromatic hydroxyl groups is 1. The Morgan fingerprint density at radius 2 is 2.36 bits per heavy atom. The van der Waals surface area contributed by atoms with E-state index in [-0.39, 0.29) is 11.8 Å². The normalized spacial score (nSPS) is 12.1. The Hall–Kier alpha value is -1.48. The van der Waals surface area contributed by atoms with Crippen molar-refractivity contribution in [3.05, 3.63) is 36.4 Å². The van der Waals surface area contributed by atoms with Crippen LogP contribution in [0.15, 0.2) is 30.9 Å². The van der Waals surface area contributed by atoms with Gasteiger partial charge in [0.15, 0.2) is 11.5 Å². The zero-order valence-electron chi connectivity index (χ0n) is 8.23. The standard InChI is InChI=1S/C11H15NO2/c1-3-5-9(12)8-6-4-7-10(14-2)11(8)13/h3-4,6-7,9,13H,1,5,12H2,2H3/t9-/m1/s1. The number of ether oxygens (including phenoxy) is 1. The zero-order valence-corrected chi connectivity index (χ0v) is 8.23. The third kappa shape index (κ3) is 2.06. The van der Waals surface area contributed by atoms with Crippen molar-refractivity contribution in [1.82, 2.24) is 0 Å². The predicted octanol–water partition coefficient (Wildman–Crippen LogP) is 1.98. The number of para-hydroxylation sites is 1. The van der Waals surface area contributed by atoms with E-state index in [2.05, 4.69) is 6.58 Å². The summed E-state index contributed by atoms with van der Waals surface area (Å²) in [6.07, 6.45) is 2.35. The Bertz CT molecular complexity index is 323. The highest BCUT2D eigenvalue weighted by molar-refractivity contribution is 5.46. The minimum Gasteiger partial charge on any atom is -0.504 e. The molecule has 14 heavy (non-hydrogen) atoms. The maximum Gasteiger partial charge on any atom is 0.162 e. The van der Waals surface area contributed by atoms with Gasteiger partial charge in [-0.2, -0.15) is 0 Å². The van der Waals surface area contributed by atoms with Crippen LogP contribution in [0.3, 0.4) is 0 Å². The second-order valence-electron chi connectivity index (χ2n) is 3.03. The molecule has 0 heterocycles. The summed E-state index contributed by atoms with van der Waals surface area (Å²) in [7, 11) is 1.51. The van der Waals surface area contributed by atoms with E-state index in [1.165, 1.54) is 7.11 Å². The minimum atomic E-state index is -0.234. The van der Waals surface area contributed by atoms with Crippen LogP contribution >= 0.6 is 0 Å². The van der Waals surface area contributed by atoms with Crippen molar-refractivity contribution in [2.45, 2.75) is 12.5 Å². The van der Waals surface area contributed by atoms with Gasteiger partial charge in [0.25, 0.3) is 0 Å². The lowest BCUT2D eigenvalue weighted by atomic mass is 10.0. The Kier molecular flexibility index (Phi) is 3.54. The molecular formula is C11H15NO2. The summed E-state index contributed by atoms with van der Waals surface area (Å²) in [5, 5.41) is 9.75. The SMILES string of the molecule is C=CC[C@@H](N)c1cccc(OC)c1O. The number of phenolic OH excluding ortho intramolecular Hbond substituents is 1. The average molecular weight is 193 g/mol. The van der Waals surface area contributed by atoms with Gasteiger partial charge < -0.3 is 15.6 Å². The smallest absolute Gasteiger partial charge is 0.162 e. The summed E-state index contributed by atoms with van der Waals surface area (Å²) >= 11 is 0. The van der Waals surface area contributed by atoms with Gasteiger partial charge in [0.05, 0.1) is 7.11 Å². The second-order valence-corrected chi connectivity index (χ2v) is 3.03. The quantitative estimate of drug-likeness (QED) is 0.719. The highest BCUT2D eigenvalue weighted by Gasteiger charge is 2.12. The first kappa shape index (κ1) is 10.6. The van der Waals surface area contributed by atoms with Crippen LogP contribution in [-0.4, -0.2) is 12.2 Å². The molecule has 3 N–H and O–H groups in total. The van der Waals surface area contributed by atoms with Gasteiger partial charge in [0.1, 0.15) is 0 Å². The van der Waals surface area contributed by atoms with Gasteiger partial charge in [0.2, 0.25) is 0 Å². The number of hydrogen-bond acceptors (Lipinski definition) is 3. The van der Waals surface area contributed by atoms with Crippen LogP contribution in [0.4, 0.5) is 0 Å². The van der Waals surface area contributed by atoms with Crippen LogP contribution in [-0.2, 0) is 0 Å². The summed E-state index contributed by atoms with van der Waals surface area (Å²) in [5.74, 6) is 0.561. The highest BCUT2D eigenvalue weighted by atomic mass is 16.5. The van der Waals surface area contributed by atoms with Crippen molar-refractivity contribution in [1.29, 1.82) is 0 Å². The molecule has 0 unspecified atom stereocenters. The fraction of sp³-hybridized carbons (Fsp3) is 0.273. The van der Waals surface area contributed by atoms with Crippen LogP contribution in [0.2, 0.25) is 0 Å². The van der Waals surface area contributed by atoms with Gasteiger partial charge in [-0.25, -0.2) is 0 Å². The van der Waals surface area contributed by atoms with E-state index in [4.69, 9.17) is 10.5 Å². The minimum absolute atomic E-state index is 0.115. The Labute approximate surface area is 83.8 Å². The van der Waals surface area contributed by atoms with E-state index in [9.17, 15) is 5.11 Å². The van der Waals surface area contributed by atoms with E-state index >= 15 is 0 Å². The van der Waals surface area contributed by atoms with Gasteiger partial charge in [-0.15, -0.1) is 6.58 Å². The summed E-state index contributed by atoms with van der Waals surface area (Å²) in [6.45, 7) is 3.61. The Balaban J connectivity index is 3.02. The van der Waals surface area contributed by atoms with Crippen molar-refractivity contribution in [2.24, 2.45) is 5.73 Å². The van der Waals surface area contributed by atoms with Gasteiger partial charge in [-0.05, 0) is 12.5 Å². The molecular weight excluding hydrogens is 178 g/mol. The Morgan fingerprint density at radius 3 is 2.93 bits per heavy atom. The van der Waals surface area contributed by atoms with E-state index < -0.39 is 0 Å². The lowest BCUT2D eigenvalue weighted by Crippen LogP contribution is -2.09. The van der Waals surface area contributed by atoms with Crippen molar-refractivity contribution in [2.75, 3.05) is 7.11 Å². The lowest BCUT2D eigenvalue weighted by Gasteiger charge is -2.13. The first-order valence-corrected chi connectivity index (χ1v) is 4.43. The number of benzene rings is 1. The van der Waals surface area contributed by atoms with Crippen LogP contribution in [0.1, 0.15) is 18.0 Å². The molecule has 3 nitrogen and oxygen atoms in total. The molecule has 0 aliphatic carbocycles. The van der Waals surface area contributed by atoms with E-state index in [1.54, 1.807) is 24.3 Å². The van der Waals surface area contributed by atoms with Crippen LogP contribution in [0, 0.1) is 0 Å². The predicted molar refractivity (Wildman–Crippen MR) is 56.4 cm³/mol. The van der Waals surface area contributed by atoms with Gasteiger partial charge >= 0.3 is 0 Å². The van der Waals surface area contributed by atoms with Gasteiger partial charge in [0, 0.05) is 11.6 Å². The van der Waals surface area contributed by atoms with E-state index in [0.717, 1.165) is 0 Å². The molecule has 0 saturated heterocycles. The van der Waals surface area contributed by atoms with Crippen molar-refractivity contribution in [3.63, 3.8) is 0 Å². The molecule has 1 aromatic rings. The number of phenols is 1.